The highest BCUT2D eigenvalue weighted by atomic mass is 32.2. The zero-order valence-electron chi connectivity index (χ0n) is 53.0. The minimum absolute atomic E-state index is 0.0350. The number of likely N-dealkylation sites (tertiary alicyclic amines) is 1. The van der Waals surface area contributed by atoms with Gasteiger partial charge in [0.1, 0.15) is 36.8 Å². The van der Waals surface area contributed by atoms with Gasteiger partial charge in [-0.25, -0.2) is 4.98 Å². The number of hydrogen-bond acceptors (Lipinski definition) is 20. The summed E-state index contributed by atoms with van der Waals surface area (Å²) in [6.45, 7) is 13.6. The fourth-order valence-corrected chi connectivity index (χ4v) is 10.6. The summed E-state index contributed by atoms with van der Waals surface area (Å²) >= 11 is 0.944. The first-order chi connectivity index (χ1) is 42.8. The van der Waals surface area contributed by atoms with Crippen LogP contribution in [0.4, 0.5) is 11.8 Å². The van der Waals surface area contributed by atoms with Crippen LogP contribution < -0.4 is 71.2 Å². The van der Waals surface area contributed by atoms with Crippen LogP contribution in [0, 0.1) is 11.8 Å². The number of fused-ring (bicyclic) bond motifs is 1. The molecule has 1 fully saturated rings. The molecule has 3 aromatic rings. The number of rotatable bonds is 41. The standard InChI is InChI=1S/C59H95N19O11S/c1-9-34(6)46(55(86)65-8)73-53(84)39(20-15-16-25-60)72-56(87)47(35(7)10-2)74-54(85)41(22-23-43(62)79)71-52(83)40(21-17-26-66-58(63)64)70-51(82)38(61)31-90-42-28-44(80)77(57(42)88)27-24-45(81)89-30-37(11-3)69-59-75-49(67-29-36-18-13-12-14-19-36)48-50(76-59)78(32-68-48)33(4)5/h12-14,18-19,32-35,37-42,46-47H,9-11,15-17,20-31,60-61H2,1-8H3,(H2,62,79)(H,65,86)(H,70,82)(H,71,83)(H,72,87)(H,73,84)(H,74,85)(H4,63,64,66)(H2,67,69,75,76)/t34?,35?,37-,38+,39+,40+,41+,42?,46+,47+/m1/s1. The Morgan fingerprint density at radius 2 is 1.34 bits per heavy atom. The molecular weight excluding hydrogens is 1180 g/mol. The number of hydrogen-bond donors (Lipinski definition) is 13. The summed E-state index contributed by atoms with van der Waals surface area (Å²) in [5, 5.41) is 21.6. The number of amides is 9. The van der Waals surface area contributed by atoms with E-state index in [1.807, 2.05) is 62.6 Å². The van der Waals surface area contributed by atoms with Crippen LogP contribution >= 0.6 is 11.8 Å². The van der Waals surface area contributed by atoms with Gasteiger partial charge in [-0.15, -0.1) is 11.8 Å². The van der Waals surface area contributed by atoms with Crippen molar-refractivity contribution in [2.24, 2.45) is 45.5 Å². The number of aliphatic imine (C=N–C) groups is 1. The van der Waals surface area contributed by atoms with Gasteiger partial charge in [0.2, 0.25) is 59.1 Å². The molecule has 3 heterocycles. The maximum absolute atomic E-state index is 14.2. The number of carbonyl (C=O) groups excluding carboxylic acids is 10. The molecular formula is C59H95N19O11S. The number of nitrogens with zero attached hydrogens (tertiary/aromatic N) is 6. The molecule has 0 radical (unpaired) electrons. The van der Waals surface area contributed by atoms with Crippen molar-refractivity contribution in [3.8, 4) is 0 Å². The first-order valence-electron chi connectivity index (χ1n) is 30.8. The van der Waals surface area contributed by atoms with Gasteiger partial charge in [-0.1, -0.05) is 77.8 Å². The molecule has 0 bridgehead atoms. The van der Waals surface area contributed by atoms with E-state index >= 15 is 0 Å². The number of nitrogens with two attached hydrogens (primary N) is 5. The molecule has 31 heteroatoms. The van der Waals surface area contributed by atoms with E-state index in [9.17, 15) is 47.9 Å². The number of carbonyl (C=O) groups is 10. The van der Waals surface area contributed by atoms with E-state index in [0.717, 1.165) is 22.2 Å². The van der Waals surface area contributed by atoms with E-state index in [1.54, 1.807) is 27.1 Å². The van der Waals surface area contributed by atoms with Crippen LogP contribution in [0.15, 0.2) is 41.7 Å². The van der Waals surface area contributed by atoms with Crippen molar-refractivity contribution in [2.75, 3.05) is 49.7 Å². The van der Waals surface area contributed by atoms with Crippen LogP contribution in [0.25, 0.3) is 11.2 Å². The van der Waals surface area contributed by atoms with Crippen molar-refractivity contribution in [1.82, 2.24) is 56.3 Å². The number of guanidine groups is 1. The predicted molar refractivity (Wildman–Crippen MR) is 342 cm³/mol. The number of nitrogens with one attached hydrogen (secondary N) is 8. The molecule has 1 aliphatic rings. The van der Waals surface area contributed by atoms with E-state index in [0.29, 0.717) is 68.1 Å². The van der Waals surface area contributed by atoms with Crippen LogP contribution in [0.5, 0.6) is 0 Å². The van der Waals surface area contributed by atoms with E-state index in [4.69, 9.17) is 43.4 Å². The van der Waals surface area contributed by atoms with E-state index < -0.39 is 113 Å². The summed E-state index contributed by atoms with van der Waals surface area (Å²) in [5.41, 5.74) is 30.9. The van der Waals surface area contributed by atoms with Gasteiger partial charge < -0.3 is 80.5 Å². The van der Waals surface area contributed by atoms with Gasteiger partial charge in [0.15, 0.2) is 22.9 Å². The largest absolute Gasteiger partial charge is 0.463 e. The van der Waals surface area contributed by atoms with Crippen LogP contribution in [-0.4, -0.2) is 176 Å². The molecule has 1 aromatic carbocycles. The third kappa shape index (κ3) is 23.3. The predicted octanol–water partition coefficient (Wildman–Crippen LogP) is 0.0414. The van der Waals surface area contributed by atoms with Gasteiger partial charge in [0, 0.05) is 51.3 Å². The highest BCUT2D eigenvalue weighted by Gasteiger charge is 2.40. The Bertz CT molecular complexity index is 2930. The third-order valence-corrected chi connectivity index (χ3v) is 16.7. The molecule has 1 saturated heterocycles. The molecule has 2 aromatic heterocycles. The quantitative estimate of drug-likeness (QED) is 0.0117. The smallest absolute Gasteiger partial charge is 0.307 e. The molecule has 0 spiro atoms. The number of imide groups is 1. The molecule has 4 rings (SSSR count). The van der Waals surface area contributed by atoms with Crippen molar-refractivity contribution in [3.63, 3.8) is 0 Å². The number of primary amides is 1. The number of benzene rings is 1. The van der Waals surface area contributed by atoms with Crippen LogP contribution in [-0.2, 0) is 59.2 Å². The van der Waals surface area contributed by atoms with Gasteiger partial charge >= 0.3 is 5.97 Å². The molecule has 90 heavy (non-hydrogen) atoms. The molecule has 18 N–H and O–H groups in total. The second kappa shape index (κ2) is 37.7. The molecule has 0 aliphatic carbocycles. The summed E-state index contributed by atoms with van der Waals surface area (Å²) < 4.78 is 7.54. The average Bonchev–Trinajstić information content (AvgIpc) is 2.52. The molecule has 498 valence electrons. The Kier molecular flexibility index (Phi) is 31.1. The fourth-order valence-electron chi connectivity index (χ4n) is 9.46. The van der Waals surface area contributed by atoms with Crippen molar-refractivity contribution < 1.29 is 52.7 Å². The topological polar surface area (TPSA) is 465 Å². The monoisotopic (exact) mass is 1280 g/mol. The highest BCUT2D eigenvalue weighted by molar-refractivity contribution is 8.00. The van der Waals surface area contributed by atoms with Gasteiger partial charge in [-0.3, -0.25) is 57.8 Å². The van der Waals surface area contributed by atoms with Crippen molar-refractivity contribution in [3.05, 3.63) is 42.2 Å². The molecule has 10 atom stereocenters. The number of unbranched alkanes of at least 4 members (excludes halogenated alkanes) is 1. The average molecular weight is 1280 g/mol. The number of imidazole rings is 1. The summed E-state index contributed by atoms with van der Waals surface area (Å²) in [7, 11) is 1.45. The highest BCUT2D eigenvalue weighted by Crippen LogP contribution is 2.27. The summed E-state index contributed by atoms with van der Waals surface area (Å²) in [6.07, 6.45) is 3.12. The number of aromatic nitrogens is 4. The van der Waals surface area contributed by atoms with Crippen molar-refractivity contribution in [1.29, 1.82) is 0 Å². The molecule has 3 unspecified atom stereocenters. The van der Waals surface area contributed by atoms with Gasteiger partial charge in [-0.05, 0) is 82.7 Å². The summed E-state index contributed by atoms with van der Waals surface area (Å²) in [6, 6.07) is 1.94. The van der Waals surface area contributed by atoms with Gasteiger partial charge in [0.25, 0.3) is 0 Å². The lowest BCUT2D eigenvalue weighted by atomic mass is 9.96. The van der Waals surface area contributed by atoms with E-state index in [2.05, 4.69) is 52.5 Å². The third-order valence-electron chi connectivity index (χ3n) is 15.4. The summed E-state index contributed by atoms with van der Waals surface area (Å²) in [4.78, 5) is 154. The van der Waals surface area contributed by atoms with Crippen LogP contribution in [0.2, 0.25) is 0 Å². The Morgan fingerprint density at radius 1 is 0.744 bits per heavy atom. The maximum Gasteiger partial charge on any atom is 0.307 e. The second-order valence-electron chi connectivity index (χ2n) is 22.6. The maximum atomic E-state index is 14.2. The number of ether oxygens (including phenoxy) is 1. The number of likely N-dealkylation sites (N-methyl/N-ethyl adjacent to an activating group) is 1. The first-order valence-corrected chi connectivity index (χ1v) is 31.8. The lowest BCUT2D eigenvalue weighted by Gasteiger charge is -2.30. The molecule has 1 aliphatic heterocycles. The van der Waals surface area contributed by atoms with Gasteiger partial charge in [-0.2, -0.15) is 9.97 Å². The SMILES string of the molecule is CCC(C)[C@H](NC(=O)[C@H](CCCCN)NC(=O)[C@@H](NC(=O)[C@H](CCC(N)=O)NC(=O)[C@H](CCCN=C(N)N)NC(=O)[C@@H](N)CSC1CC(=O)N(CCC(=O)OC[C@@H](CC)Nc2nc(NCc3ccccc3)c3ncn(C(C)C)c3n2)C1=O)C(C)CC)C(=O)NC. The summed E-state index contributed by atoms with van der Waals surface area (Å²) in [5.74, 6) is -7.35. The van der Waals surface area contributed by atoms with Crippen LogP contribution in [0.1, 0.15) is 137 Å². The normalized spacial score (nSPS) is 16.1. The Balaban J connectivity index is 1.39. The van der Waals surface area contributed by atoms with Crippen molar-refractivity contribution >= 4 is 99.8 Å². The Morgan fingerprint density at radius 3 is 1.93 bits per heavy atom. The lowest BCUT2D eigenvalue weighted by molar-refractivity contribution is -0.146. The van der Waals surface area contributed by atoms with Gasteiger partial charge in [0.05, 0.1) is 30.1 Å². The molecule has 30 nitrogen and oxygen atoms in total. The van der Waals surface area contributed by atoms with Crippen LogP contribution in [0.3, 0.4) is 0 Å². The number of esters is 1. The van der Waals surface area contributed by atoms with E-state index in [-0.39, 0.29) is 88.3 Å². The molecule has 0 saturated carbocycles. The zero-order valence-corrected chi connectivity index (χ0v) is 53.8. The number of anilines is 2. The Labute approximate surface area is 529 Å². The minimum Gasteiger partial charge on any atom is -0.463 e. The molecule has 9 amide bonds. The zero-order chi connectivity index (χ0) is 66.6. The minimum atomic E-state index is -1.50. The first kappa shape index (κ1) is 74.3. The second-order valence-corrected chi connectivity index (χ2v) is 23.9. The Hall–Kier alpha value is -8.19. The number of thioether (sulfide) groups is 1. The van der Waals surface area contributed by atoms with E-state index in [1.165, 1.54) is 7.05 Å². The fraction of sp³-hybridized carbons (Fsp3) is 0.627. The lowest BCUT2D eigenvalue weighted by Crippen LogP contribution is -2.61. The van der Waals surface area contributed by atoms with Crippen molar-refractivity contribution in [2.45, 2.75) is 186 Å².